The molecule has 0 aliphatic carbocycles. The van der Waals surface area contributed by atoms with E-state index in [2.05, 4.69) is 25.7 Å². The van der Waals surface area contributed by atoms with Crippen LogP contribution in [0.15, 0.2) is 53.8 Å². The van der Waals surface area contributed by atoms with Crippen molar-refractivity contribution in [3.8, 4) is 5.69 Å². The number of nitrogens with two attached hydrogens (primary N) is 1. The number of amides is 1. The third-order valence-corrected chi connectivity index (χ3v) is 5.91. The molecule has 3 aromatic rings. The van der Waals surface area contributed by atoms with Crippen molar-refractivity contribution in [1.29, 1.82) is 0 Å². The third kappa shape index (κ3) is 5.12. The van der Waals surface area contributed by atoms with Crippen LogP contribution in [0.3, 0.4) is 0 Å². The zero-order valence-corrected chi connectivity index (χ0v) is 17.7. The van der Waals surface area contributed by atoms with Crippen LogP contribution in [0.2, 0.25) is 0 Å². The van der Waals surface area contributed by atoms with Crippen molar-refractivity contribution >= 4 is 33.6 Å². The standard InChI is InChI=1S/C19H22N8O4S/c20-32(30,31)16-5-3-13(4-6-16)24-18-22-12-27(25-18)15-7-8-21-17(10-15)23-14-2-1-9-26(11-14)19(28)29/h3-8,10,12,14H,1-2,9,11H2,(H,21,23)(H,24,25)(H,28,29)(H2,20,30,31)/t14-/m0/s1. The molecular formula is C19H22N8O4S. The van der Waals surface area contributed by atoms with Crippen molar-refractivity contribution in [3.05, 3.63) is 48.9 Å². The van der Waals surface area contributed by atoms with Crippen LogP contribution in [0, 0.1) is 0 Å². The predicted octanol–water partition coefficient (Wildman–Crippen LogP) is 1.61. The molecule has 1 aliphatic heterocycles. The van der Waals surface area contributed by atoms with Crippen LogP contribution < -0.4 is 15.8 Å². The molecule has 3 heterocycles. The average molecular weight is 459 g/mol. The minimum atomic E-state index is -3.75. The van der Waals surface area contributed by atoms with Crippen LogP contribution in [-0.2, 0) is 10.0 Å². The Bertz CT molecular complexity index is 1210. The lowest BCUT2D eigenvalue weighted by Gasteiger charge is -2.31. The number of pyridine rings is 1. The van der Waals surface area contributed by atoms with E-state index in [9.17, 15) is 18.3 Å². The first-order chi connectivity index (χ1) is 15.3. The second-order valence-corrected chi connectivity index (χ2v) is 8.88. The zero-order valence-electron chi connectivity index (χ0n) is 16.9. The van der Waals surface area contributed by atoms with Gasteiger partial charge < -0.3 is 20.6 Å². The largest absolute Gasteiger partial charge is 0.465 e. The van der Waals surface area contributed by atoms with Crippen molar-refractivity contribution in [2.24, 2.45) is 5.14 Å². The molecule has 1 atom stereocenters. The number of piperidine rings is 1. The zero-order chi connectivity index (χ0) is 22.7. The number of anilines is 3. The lowest BCUT2D eigenvalue weighted by molar-refractivity contribution is 0.133. The molecule has 1 aliphatic rings. The lowest BCUT2D eigenvalue weighted by atomic mass is 10.1. The van der Waals surface area contributed by atoms with Crippen LogP contribution in [0.25, 0.3) is 5.69 Å². The summed E-state index contributed by atoms with van der Waals surface area (Å²) in [6, 6.07) is 9.49. The number of primary sulfonamides is 1. The highest BCUT2D eigenvalue weighted by Gasteiger charge is 2.23. The normalized spacial score (nSPS) is 16.5. The maximum atomic E-state index is 11.4. The van der Waals surface area contributed by atoms with E-state index < -0.39 is 16.1 Å². The van der Waals surface area contributed by atoms with E-state index in [0.29, 0.717) is 30.5 Å². The van der Waals surface area contributed by atoms with Crippen molar-refractivity contribution < 1.29 is 18.3 Å². The summed E-state index contributed by atoms with van der Waals surface area (Å²) in [7, 11) is -3.75. The number of benzene rings is 1. The van der Waals surface area contributed by atoms with Gasteiger partial charge in [-0.3, -0.25) is 0 Å². The summed E-state index contributed by atoms with van der Waals surface area (Å²) >= 11 is 0. The molecule has 2 aromatic heterocycles. The quantitative estimate of drug-likeness (QED) is 0.429. The molecule has 0 spiro atoms. The number of rotatable bonds is 6. The van der Waals surface area contributed by atoms with E-state index in [1.165, 1.54) is 23.4 Å². The number of hydrogen-bond acceptors (Lipinski definition) is 8. The van der Waals surface area contributed by atoms with Gasteiger partial charge in [0.15, 0.2) is 0 Å². The fourth-order valence-electron chi connectivity index (χ4n) is 3.42. The van der Waals surface area contributed by atoms with Crippen LogP contribution in [0.5, 0.6) is 0 Å². The van der Waals surface area contributed by atoms with Gasteiger partial charge >= 0.3 is 6.09 Å². The average Bonchev–Trinajstić information content (AvgIpc) is 3.22. The number of hydrogen-bond donors (Lipinski definition) is 4. The number of carboxylic acid groups (broad SMARTS) is 1. The van der Waals surface area contributed by atoms with Gasteiger partial charge in [0.25, 0.3) is 0 Å². The van der Waals surface area contributed by atoms with Gasteiger partial charge in [-0.15, -0.1) is 5.10 Å². The van der Waals surface area contributed by atoms with Crippen LogP contribution in [-0.4, -0.2) is 63.4 Å². The molecule has 1 amide bonds. The lowest BCUT2D eigenvalue weighted by Crippen LogP contribution is -2.44. The fraction of sp³-hybridized carbons (Fsp3) is 0.263. The molecule has 1 fully saturated rings. The Labute approximate surface area is 184 Å². The summed E-state index contributed by atoms with van der Waals surface area (Å²) in [5.74, 6) is 0.937. The minimum absolute atomic E-state index is 0.0165. The highest BCUT2D eigenvalue weighted by atomic mass is 32.2. The summed E-state index contributed by atoms with van der Waals surface area (Å²) in [6.07, 6.45) is 3.90. The van der Waals surface area contributed by atoms with Gasteiger partial charge in [0.05, 0.1) is 10.6 Å². The number of aromatic nitrogens is 4. The van der Waals surface area contributed by atoms with E-state index in [1.807, 2.05) is 0 Å². The fourth-order valence-corrected chi connectivity index (χ4v) is 3.94. The molecule has 0 unspecified atom stereocenters. The first-order valence-electron chi connectivity index (χ1n) is 9.80. The highest BCUT2D eigenvalue weighted by molar-refractivity contribution is 7.89. The summed E-state index contributed by atoms with van der Waals surface area (Å²) in [5, 5.41) is 25.0. The van der Waals surface area contributed by atoms with Gasteiger partial charge in [-0.05, 0) is 43.2 Å². The van der Waals surface area contributed by atoms with Crippen molar-refractivity contribution in [1.82, 2.24) is 24.6 Å². The van der Waals surface area contributed by atoms with Gasteiger partial charge in [0, 0.05) is 37.1 Å². The molecule has 13 heteroatoms. The Morgan fingerprint density at radius 2 is 1.97 bits per heavy atom. The molecular weight excluding hydrogens is 436 g/mol. The number of carbonyl (C=O) groups is 1. The Morgan fingerprint density at radius 3 is 2.69 bits per heavy atom. The molecule has 12 nitrogen and oxygen atoms in total. The Hall–Kier alpha value is -3.71. The van der Waals surface area contributed by atoms with Crippen LogP contribution in [0.4, 0.5) is 22.2 Å². The molecule has 0 saturated carbocycles. The monoisotopic (exact) mass is 458 g/mol. The Morgan fingerprint density at radius 1 is 1.19 bits per heavy atom. The molecule has 1 saturated heterocycles. The number of sulfonamides is 1. The first-order valence-corrected chi connectivity index (χ1v) is 11.3. The number of likely N-dealkylation sites (tertiary alicyclic amines) is 1. The maximum Gasteiger partial charge on any atom is 0.407 e. The van der Waals surface area contributed by atoms with E-state index in [-0.39, 0.29) is 10.9 Å². The van der Waals surface area contributed by atoms with E-state index in [4.69, 9.17) is 5.14 Å². The van der Waals surface area contributed by atoms with Gasteiger partial charge in [-0.25, -0.2) is 28.0 Å². The summed E-state index contributed by atoms with van der Waals surface area (Å²) in [5.41, 5.74) is 1.33. The van der Waals surface area contributed by atoms with E-state index in [1.54, 1.807) is 35.1 Å². The molecule has 0 bridgehead atoms. The maximum absolute atomic E-state index is 11.4. The van der Waals surface area contributed by atoms with E-state index in [0.717, 1.165) is 18.5 Å². The third-order valence-electron chi connectivity index (χ3n) is 4.98. The van der Waals surface area contributed by atoms with Crippen LogP contribution >= 0.6 is 0 Å². The van der Waals surface area contributed by atoms with Crippen molar-refractivity contribution in [2.75, 3.05) is 23.7 Å². The number of nitrogens with one attached hydrogen (secondary N) is 2. The highest BCUT2D eigenvalue weighted by Crippen LogP contribution is 2.19. The Kier molecular flexibility index (Phi) is 5.92. The minimum Gasteiger partial charge on any atom is -0.465 e. The predicted molar refractivity (Wildman–Crippen MR) is 116 cm³/mol. The van der Waals surface area contributed by atoms with Gasteiger partial charge in [0.2, 0.25) is 16.0 Å². The smallest absolute Gasteiger partial charge is 0.407 e. The summed E-state index contributed by atoms with van der Waals surface area (Å²) < 4.78 is 24.3. The number of nitrogens with zero attached hydrogens (tertiary/aromatic N) is 5. The molecule has 168 valence electrons. The molecule has 5 N–H and O–H groups in total. The summed E-state index contributed by atoms with van der Waals surface area (Å²) in [4.78, 5) is 21.2. The molecule has 0 radical (unpaired) electrons. The molecule has 1 aromatic carbocycles. The summed E-state index contributed by atoms with van der Waals surface area (Å²) in [6.45, 7) is 0.948. The van der Waals surface area contributed by atoms with Gasteiger partial charge in [-0.2, -0.15) is 4.98 Å². The van der Waals surface area contributed by atoms with Gasteiger partial charge in [-0.1, -0.05) is 0 Å². The molecule has 4 rings (SSSR count). The SMILES string of the molecule is NS(=O)(=O)c1ccc(Nc2ncn(-c3ccnc(N[C@H]4CCCN(C(=O)O)C4)c3)n2)cc1. The second kappa shape index (κ2) is 8.80. The van der Waals surface area contributed by atoms with Crippen molar-refractivity contribution in [2.45, 2.75) is 23.8 Å². The molecule has 32 heavy (non-hydrogen) atoms. The first kappa shape index (κ1) is 21.5. The van der Waals surface area contributed by atoms with Crippen molar-refractivity contribution in [3.63, 3.8) is 0 Å². The van der Waals surface area contributed by atoms with Gasteiger partial charge in [0.1, 0.15) is 12.1 Å². The second-order valence-electron chi connectivity index (χ2n) is 7.32. The van der Waals surface area contributed by atoms with E-state index >= 15 is 0 Å². The van der Waals surface area contributed by atoms with Crippen LogP contribution in [0.1, 0.15) is 12.8 Å². The Balaban J connectivity index is 1.43. The topological polar surface area (TPSA) is 168 Å².